The summed E-state index contributed by atoms with van der Waals surface area (Å²) in [5.41, 5.74) is 5.65. The van der Waals surface area contributed by atoms with Crippen molar-refractivity contribution in [3.8, 4) is 0 Å². The molecule has 0 fully saturated rings. The average Bonchev–Trinajstić information content (AvgIpc) is 2.25. The van der Waals surface area contributed by atoms with Crippen molar-refractivity contribution >= 4 is 11.4 Å². The van der Waals surface area contributed by atoms with E-state index in [1.54, 1.807) is 0 Å². The Hall–Kier alpha value is -1.32. The Morgan fingerprint density at radius 3 is 2.31 bits per heavy atom. The van der Waals surface area contributed by atoms with Gasteiger partial charge in [0.05, 0.1) is 11.4 Å². The van der Waals surface area contributed by atoms with Gasteiger partial charge in [-0.15, -0.1) is 0 Å². The first-order valence-electron chi connectivity index (χ1n) is 5.44. The van der Waals surface area contributed by atoms with E-state index < -0.39 is 11.6 Å². The summed E-state index contributed by atoms with van der Waals surface area (Å²) in [6.45, 7) is 6.03. The van der Waals surface area contributed by atoms with Crippen LogP contribution in [0, 0.1) is 11.6 Å². The zero-order valence-electron chi connectivity index (χ0n) is 9.90. The van der Waals surface area contributed by atoms with E-state index in [2.05, 4.69) is 5.32 Å². The Morgan fingerprint density at radius 2 is 1.81 bits per heavy atom. The first-order chi connectivity index (χ1) is 7.41. The molecule has 0 aromatic heterocycles. The molecule has 0 unspecified atom stereocenters. The van der Waals surface area contributed by atoms with Gasteiger partial charge >= 0.3 is 0 Å². The molecule has 1 aromatic rings. The van der Waals surface area contributed by atoms with Crippen LogP contribution in [0.1, 0.15) is 33.6 Å². The lowest BCUT2D eigenvalue weighted by Crippen LogP contribution is -2.33. The summed E-state index contributed by atoms with van der Waals surface area (Å²) < 4.78 is 26.3. The lowest BCUT2D eigenvalue weighted by molar-refractivity contribution is 0.477. The minimum absolute atomic E-state index is 0.0328. The molecular formula is C12H18F2N2. The summed E-state index contributed by atoms with van der Waals surface area (Å²) in [6, 6.07) is 2.01. The van der Waals surface area contributed by atoms with Crippen LogP contribution in [-0.4, -0.2) is 5.54 Å². The third-order valence-electron chi connectivity index (χ3n) is 3.09. The Kier molecular flexibility index (Phi) is 3.73. The molecule has 3 N–H and O–H groups in total. The monoisotopic (exact) mass is 228 g/mol. The van der Waals surface area contributed by atoms with Crippen molar-refractivity contribution in [3.63, 3.8) is 0 Å². The topological polar surface area (TPSA) is 38.0 Å². The second kappa shape index (κ2) is 4.68. The Morgan fingerprint density at radius 1 is 1.25 bits per heavy atom. The van der Waals surface area contributed by atoms with Crippen molar-refractivity contribution < 1.29 is 8.78 Å². The zero-order valence-corrected chi connectivity index (χ0v) is 9.90. The first kappa shape index (κ1) is 12.7. The van der Waals surface area contributed by atoms with Gasteiger partial charge in [-0.05, 0) is 25.8 Å². The lowest BCUT2D eigenvalue weighted by Gasteiger charge is -2.30. The molecule has 4 heteroatoms. The lowest BCUT2D eigenvalue weighted by atomic mass is 9.95. The van der Waals surface area contributed by atoms with E-state index >= 15 is 0 Å². The molecule has 0 bridgehead atoms. The SMILES string of the molecule is CCC(C)(CC)Nc1cc(F)cc(F)c1N. The standard InChI is InChI=1S/C12H18F2N2/c1-4-12(3,5-2)16-10-7-8(13)6-9(14)11(10)15/h6-7,16H,4-5,15H2,1-3H3. The maximum absolute atomic E-state index is 13.2. The van der Waals surface area contributed by atoms with E-state index in [4.69, 9.17) is 5.73 Å². The molecule has 0 saturated heterocycles. The van der Waals surface area contributed by atoms with Crippen molar-refractivity contribution in [2.75, 3.05) is 11.1 Å². The van der Waals surface area contributed by atoms with E-state index in [1.165, 1.54) is 6.07 Å². The van der Waals surface area contributed by atoms with Crippen LogP contribution >= 0.6 is 0 Å². The summed E-state index contributed by atoms with van der Waals surface area (Å²) >= 11 is 0. The van der Waals surface area contributed by atoms with Gasteiger partial charge in [0.25, 0.3) is 0 Å². The number of nitrogen functional groups attached to an aromatic ring is 1. The quantitative estimate of drug-likeness (QED) is 0.773. The van der Waals surface area contributed by atoms with E-state index in [-0.39, 0.29) is 11.2 Å². The summed E-state index contributed by atoms with van der Waals surface area (Å²) in [4.78, 5) is 0. The van der Waals surface area contributed by atoms with Crippen molar-refractivity contribution in [2.45, 2.75) is 39.2 Å². The van der Waals surface area contributed by atoms with E-state index in [0.717, 1.165) is 18.9 Å². The van der Waals surface area contributed by atoms with Gasteiger partial charge in [-0.2, -0.15) is 0 Å². The van der Waals surface area contributed by atoms with Gasteiger partial charge in [0.1, 0.15) is 5.82 Å². The van der Waals surface area contributed by atoms with Gasteiger partial charge < -0.3 is 11.1 Å². The van der Waals surface area contributed by atoms with Crippen molar-refractivity contribution in [1.29, 1.82) is 0 Å². The second-order valence-corrected chi connectivity index (χ2v) is 4.24. The zero-order chi connectivity index (χ0) is 12.3. The summed E-state index contributed by atoms with van der Waals surface area (Å²) in [7, 11) is 0. The van der Waals surface area contributed by atoms with Crippen LogP contribution in [0.2, 0.25) is 0 Å². The minimum Gasteiger partial charge on any atom is -0.395 e. The molecule has 0 aliphatic heterocycles. The molecule has 16 heavy (non-hydrogen) atoms. The summed E-state index contributed by atoms with van der Waals surface area (Å²) in [5, 5.41) is 3.10. The van der Waals surface area contributed by atoms with Gasteiger partial charge in [-0.25, -0.2) is 8.78 Å². The molecule has 2 nitrogen and oxygen atoms in total. The fourth-order valence-electron chi connectivity index (χ4n) is 1.44. The molecule has 1 aromatic carbocycles. The summed E-state index contributed by atoms with van der Waals surface area (Å²) in [5.74, 6) is -1.35. The number of nitrogens with one attached hydrogen (secondary N) is 1. The largest absolute Gasteiger partial charge is 0.395 e. The van der Waals surface area contributed by atoms with Crippen LogP contribution in [0.4, 0.5) is 20.2 Å². The molecule has 0 aliphatic rings. The van der Waals surface area contributed by atoms with Crippen LogP contribution in [0.15, 0.2) is 12.1 Å². The van der Waals surface area contributed by atoms with E-state index in [1.807, 2.05) is 20.8 Å². The van der Waals surface area contributed by atoms with Gasteiger partial charge in [-0.1, -0.05) is 13.8 Å². The Balaban J connectivity index is 3.05. The highest BCUT2D eigenvalue weighted by Gasteiger charge is 2.21. The van der Waals surface area contributed by atoms with E-state index in [0.29, 0.717) is 5.69 Å². The van der Waals surface area contributed by atoms with Crippen LogP contribution in [0.3, 0.4) is 0 Å². The molecule has 0 atom stereocenters. The second-order valence-electron chi connectivity index (χ2n) is 4.24. The van der Waals surface area contributed by atoms with Crippen molar-refractivity contribution in [1.82, 2.24) is 0 Å². The van der Waals surface area contributed by atoms with Crippen molar-refractivity contribution in [2.24, 2.45) is 0 Å². The molecule has 0 spiro atoms. The number of benzene rings is 1. The van der Waals surface area contributed by atoms with Gasteiger partial charge in [0.15, 0.2) is 5.82 Å². The predicted octanol–water partition coefficient (Wildman–Crippen LogP) is 3.54. The highest BCUT2D eigenvalue weighted by atomic mass is 19.1. The van der Waals surface area contributed by atoms with Crippen LogP contribution < -0.4 is 11.1 Å². The third-order valence-corrected chi connectivity index (χ3v) is 3.09. The molecule has 90 valence electrons. The average molecular weight is 228 g/mol. The molecule has 0 saturated carbocycles. The van der Waals surface area contributed by atoms with Crippen LogP contribution in [0.25, 0.3) is 0 Å². The van der Waals surface area contributed by atoms with Crippen LogP contribution in [-0.2, 0) is 0 Å². The number of halogens is 2. The molecule has 1 rings (SSSR count). The highest BCUT2D eigenvalue weighted by Crippen LogP contribution is 2.28. The summed E-state index contributed by atoms with van der Waals surface area (Å²) in [6.07, 6.45) is 1.70. The first-order valence-corrected chi connectivity index (χ1v) is 5.44. The minimum atomic E-state index is -0.725. The number of rotatable bonds is 4. The third kappa shape index (κ3) is 2.62. The van der Waals surface area contributed by atoms with Gasteiger partial charge in [0.2, 0.25) is 0 Å². The predicted molar refractivity (Wildman–Crippen MR) is 63.4 cm³/mol. The van der Waals surface area contributed by atoms with Crippen LogP contribution in [0.5, 0.6) is 0 Å². The molecule has 0 heterocycles. The maximum atomic E-state index is 13.2. The Labute approximate surface area is 94.8 Å². The molecule has 0 radical (unpaired) electrons. The molecule has 0 aliphatic carbocycles. The number of hydrogen-bond acceptors (Lipinski definition) is 2. The highest BCUT2D eigenvalue weighted by molar-refractivity contribution is 5.67. The molecule has 0 amide bonds. The fourth-order valence-corrected chi connectivity index (χ4v) is 1.44. The fraction of sp³-hybridized carbons (Fsp3) is 0.500. The van der Waals surface area contributed by atoms with E-state index in [9.17, 15) is 8.78 Å². The van der Waals surface area contributed by atoms with Crippen molar-refractivity contribution in [3.05, 3.63) is 23.8 Å². The smallest absolute Gasteiger partial charge is 0.151 e. The number of anilines is 2. The maximum Gasteiger partial charge on any atom is 0.151 e. The number of nitrogens with two attached hydrogens (primary N) is 1. The van der Waals surface area contributed by atoms with Gasteiger partial charge in [-0.3, -0.25) is 0 Å². The number of hydrogen-bond donors (Lipinski definition) is 2. The van der Waals surface area contributed by atoms with Gasteiger partial charge in [0, 0.05) is 11.6 Å². The Bertz CT molecular complexity index is 374. The normalized spacial score (nSPS) is 11.6. The molecular weight excluding hydrogens is 210 g/mol.